The molecule has 0 spiro atoms. The third-order valence-corrected chi connectivity index (χ3v) is 2.88. The quantitative estimate of drug-likeness (QED) is 0.812. The van der Waals surface area contributed by atoms with Crippen molar-refractivity contribution in [1.82, 2.24) is 9.59 Å². The Balaban J connectivity index is 2.14. The van der Waals surface area contributed by atoms with E-state index in [1.807, 2.05) is 13.0 Å². The molecule has 96 valence electrons. The van der Waals surface area contributed by atoms with Crippen LogP contribution in [0.4, 0.5) is 5.69 Å². The van der Waals surface area contributed by atoms with Crippen LogP contribution < -0.4 is 5.32 Å². The molecule has 1 aromatic heterocycles. The molecule has 6 heteroatoms. The van der Waals surface area contributed by atoms with Gasteiger partial charge in [-0.25, -0.2) is 0 Å². The van der Waals surface area contributed by atoms with Crippen molar-refractivity contribution < 1.29 is 9.90 Å². The number of amides is 1. The van der Waals surface area contributed by atoms with Crippen LogP contribution in [0.15, 0.2) is 23.6 Å². The van der Waals surface area contributed by atoms with Gasteiger partial charge >= 0.3 is 0 Å². The Hall–Kier alpha value is -2.23. The van der Waals surface area contributed by atoms with E-state index in [-0.39, 0.29) is 12.5 Å². The molecule has 1 heterocycles. The summed E-state index contributed by atoms with van der Waals surface area (Å²) in [5, 5.41) is 16.7. The van der Waals surface area contributed by atoms with Crippen molar-refractivity contribution in [2.24, 2.45) is 0 Å². The van der Waals surface area contributed by atoms with Crippen LogP contribution in [0.5, 0.6) is 0 Å². The summed E-state index contributed by atoms with van der Waals surface area (Å²) in [6.07, 6.45) is 0. The third-order valence-electron chi connectivity index (χ3n) is 2.38. The van der Waals surface area contributed by atoms with Crippen molar-refractivity contribution in [2.75, 3.05) is 11.9 Å². The molecule has 2 N–H and O–H groups in total. The highest BCUT2D eigenvalue weighted by Crippen LogP contribution is 2.15. The van der Waals surface area contributed by atoms with Gasteiger partial charge in [-0.2, -0.15) is 0 Å². The molecule has 0 saturated carbocycles. The SMILES string of the molecule is Cc1cc(NC(=O)c2csnn2)ccc1C#CCO. The lowest BCUT2D eigenvalue weighted by Gasteiger charge is -2.05. The van der Waals surface area contributed by atoms with Crippen LogP contribution in [0, 0.1) is 18.8 Å². The van der Waals surface area contributed by atoms with Gasteiger partial charge in [0.15, 0.2) is 5.69 Å². The van der Waals surface area contributed by atoms with Crippen LogP contribution in [0.1, 0.15) is 21.6 Å². The second kappa shape index (κ2) is 6.09. The van der Waals surface area contributed by atoms with E-state index in [0.717, 1.165) is 22.7 Å². The number of nitrogens with zero attached hydrogens (tertiary/aromatic N) is 2. The lowest BCUT2D eigenvalue weighted by Crippen LogP contribution is -2.12. The number of aliphatic hydroxyl groups excluding tert-OH is 1. The van der Waals surface area contributed by atoms with E-state index in [0.29, 0.717) is 11.4 Å². The lowest BCUT2D eigenvalue weighted by molar-refractivity contribution is 0.102. The molecule has 0 fully saturated rings. The van der Waals surface area contributed by atoms with Crippen molar-refractivity contribution in [2.45, 2.75) is 6.92 Å². The first kappa shape index (κ1) is 13.2. The molecule has 19 heavy (non-hydrogen) atoms. The van der Waals surface area contributed by atoms with Gasteiger partial charge in [-0.1, -0.05) is 16.3 Å². The average molecular weight is 273 g/mol. The first-order valence-corrected chi connectivity index (χ1v) is 6.33. The number of carbonyl (C=O) groups is 1. The predicted molar refractivity (Wildman–Crippen MR) is 73.0 cm³/mol. The van der Waals surface area contributed by atoms with E-state index < -0.39 is 0 Å². The predicted octanol–water partition coefficient (Wildman–Crippen LogP) is 1.44. The van der Waals surface area contributed by atoms with Crippen molar-refractivity contribution in [3.8, 4) is 11.8 Å². The smallest absolute Gasteiger partial charge is 0.277 e. The van der Waals surface area contributed by atoms with E-state index in [1.165, 1.54) is 0 Å². The maximum atomic E-state index is 11.8. The topological polar surface area (TPSA) is 75.1 Å². The number of carbonyl (C=O) groups excluding carboxylic acids is 1. The summed E-state index contributed by atoms with van der Waals surface area (Å²) in [7, 11) is 0. The zero-order valence-electron chi connectivity index (χ0n) is 10.2. The number of hydrogen-bond donors (Lipinski definition) is 2. The van der Waals surface area contributed by atoms with Gasteiger partial charge in [0.2, 0.25) is 0 Å². The fourth-order valence-electron chi connectivity index (χ4n) is 1.48. The number of hydrogen-bond acceptors (Lipinski definition) is 5. The minimum absolute atomic E-state index is 0.172. The largest absolute Gasteiger partial charge is 0.384 e. The number of aryl methyl sites for hydroxylation is 1. The molecule has 0 atom stereocenters. The molecule has 2 rings (SSSR count). The number of aromatic nitrogens is 2. The molecule has 1 amide bonds. The van der Waals surface area contributed by atoms with E-state index in [9.17, 15) is 4.79 Å². The Morgan fingerprint density at radius 2 is 2.37 bits per heavy atom. The standard InChI is InChI=1S/C13H11N3O2S/c1-9-7-11(5-4-10(9)3-2-6-17)14-13(18)12-8-19-16-15-12/h4-5,7-8,17H,6H2,1H3,(H,14,18). The highest BCUT2D eigenvalue weighted by Gasteiger charge is 2.09. The Morgan fingerprint density at radius 3 is 3.00 bits per heavy atom. The van der Waals surface area contributed by atoms with Gasteiger partial charge in [0.1, 0.15) is 6.61 Å². The molecular weight excluding hydrogens is 262 g/mol. The van der Waals surface area contributed by atoms with Crippen LogP contribution in [0.25, 0.3) is 0 Å². The first-order chi connectivity index (χ1) is 9.20. The number of anilines is 1. The second-order valence-electron chi connectivity index (χ2n) is 3.73. The summed E-state index contributed by atoms with van der Waals surface area (Å²) in [5.74, 6) is 5.14. The van der Waals surface area contributed by atoms with Crippen LogP contribution in [-0.2, 0) is 0 Å². The monoisotopic (exact) mass is 273 g/mol. The summed E-state index contributed by atoms with van der Waals surface area (Å²) in [5.41, 5.74) is 2.72. The number of rotatable bonds is 2. The highest BCUT2D eigenvalue weighted by atomic mass is 32.1. The van der Waals surface area contributed by atoms with Crippen molar-refractivity contribution >= 4 is 23.1 Å². The highest BCUT2D eigenvalue weighted by molar-refractivity contribution is 7.03. The summed E-state index contributed by atoms with van der Waals surface area (Å²) >= 11 is 1.13. The maximum absolute atomic E-state index is 11.8. The Labute approximate surface area is 114 Å². The Bertz CT molecular complexity index is 642. The molecule has 0 radical (unpaired) electrons. The molecule has 0 saturated heterocycles. The van der Waals surface area contributed by atoms with Gasteiger partial charge in [0, 0.05) is 16.6 Å². The average Bonchev–Trinajstić information content (AvgIpc) is 2.92. The van der Waals surface area contributed by atoms with E-state index in [4.69, 9.17) is 5.11 Å². The number of nitrogens with one attached hydrogen (secondary N) is 1. The van der Waals surface area contributed by atoms with Crippen LogP contribution >= 0.6 is 11.5 Å². The second-order valence-corrected chi connectivity index (χ2v) is 4.34. The van der Waals surface area contributed by atoms with Crippen molar-refractivity contribution in [1.29, 1.82) is 0 Å². The molecule has 0 aliphatic heterocycles. The summed E-state index contributed by atoms with van der Waals surface area (Å²) in [4.78, 5) is 11.8. The molecular formula is C13H11N3O2S. The van der Waals surface area contributed by atoms with Gasteiger partial charge < -0.3 is 10.4 Å². The molecule has 0 aliphatic carbocycles. The minimum atomic E-state index is -0.289. The molecule has 0 unspecified atom stereocenters. The normalized spacial score (nSPS) is 9.58. The van der Waals surface area contributed by atoms with Crippen LogP contribution in [0.2, 0.25) is 0 Å². The van der Waals surface area contributed by atoms with Gasteiger partial charge in [0.05, 0.1) is 0 Å². The van der Waals surface area contributed by atoms with Crippen LogP contribution in [-0.4, -0.2) is 27.2 Å². The summed E-state index contributed by atoms with van der Waals surface area (Å²) < 4.78 is 3.64. The van der Waals surface area contributed by atoms with E-state index in [1.54, 1.807) is 17.5 Å². The van der Waals surface area contributed by atoms with Crippen molar-refractivity contribution in [3.05, 3.63) is 40.4 Å². The molecule has 1 aromatic carbocycles. The summed E-state index contributed by atoms with van der Waals surface area (Å²) in [6.45, 7) is 1.72. The van der Waals surface area contributed by atoms with Gasteiger partial charge in [-0.15, -0.1) is 5.10 Å². The fraction of sp³-hybridized carbons (Fsp3) is 0.154. The number of benzene rings is 1. The molecule has 2 aromatic rings. The molecule has 0 bridgehead atoms. The van der Waals surface area contributed by atoms with Crippen LogP contribution in [0.3, 0.4) is 0 Å². The van der Waals surface area contributed by atoms with Crippen molar-refractivity contribution in [3.63, 3.8) is 0 Å². The maximum Gasteiger partial charge on any atom is 0.277 e. The minimum Gasteiger partial charge on any atom is -0.384 e. The van der Waals surface area contributed by atoms with E-state index >= 15 is 0 Å². The molecule has 5 nitrogen and oxygen atoms in total. The zero-order chi connectivity index (χ0) is 13.7. The Kier molecular flexibility index (Phi) is 4.23. The van der Waals surface area contributed by atoms with Gasteiger partial charge in [-0.3, -0.25) is 4.79 Å². The Morgan fingerprint density at radius 1 is 1.53 bits per heavy atom. The van der Waals surface area contributed by atoms with E-state index in [2.05, 4.69) is 26.7 Å². The molecule has 0 aliphatic rings. The summed E-state index contributed by atoms with van der Waals surface area (Å²) in [6, 6.07) is 5.37. The van der Waals surface area contributed by atoms with Gasteiger partial charge in [0.25, 0.3) is 5.91 Å². The third kappa shape index (κ3) is 3.37. The van der Waals surface area contributed by atoms with Gasteiger partial charge in [-0.05, 0) is 42.2 Å². The zero-order valence-corrected chi connectivity index (χ0v) is 11.0. The fourth-order valence-corrected chi connectivity index (χ4v) is 1.91. The lowest BCUT2D eigenvalue weighted by atomic mass is 10.1. The number of aliphatic hydroxyl groups is 1. The first-order valence-electron chi connectivity index (χ1n) is 5.49.